The molecule has 1 saturated heterocycles. The van der Waals surface area contributed by atoms with Crippen molar-refractivity contribution in [3.05, 3.63) is 89.5 Å². The first-order chi connectivity index (χ1) is 18.9. The van der Waals surface area contributed by atoms with Crippen molar-refractivity contribution in [2.24, 2.45) is 0 Å². The number of aliphatic hydroxyl groups excluding tert-OH is 1. The minimum Gasteiger partial charge on any atom is -0.496 e. The van der Waals surface area contributed by atoms with Crippen LogP contribution in [-0.4, -0.2) is 41.1 Å². The predicted octanol–water partition coefficient (Wildman–Crippen LogP) is 5.72. The van der Waals surface area contributed by atoms with Crippen molar-refractivity contribution >= 4 is 29.3 Å². The van der Waals surface area contributed by atoms with Crippen molar-refractivity contribution in [1.29, 1.82) is 0 Å². The molecule has 0 saturated carbocycles. The number of carboxylic acid groups (broad SMARTS) is 1. The maximum absolute atomic E-state index is 12.1. The molecule has 3 aromatic rings. The van der Waals surface area contributed by atoms with Crippen LogP contribution in [0, 0.1) is 0 Å². The summed E-state index contributed by atoms with van der Waals surface area (Å²) in [5.41, 5.74) is 3.29. The van der Waals surface area contributed by atoms with Crippen molar-refractivity contribution in [3.8, 4) is 5.75 Å². The minimum atomic E-state index is -0.915. The molecule has 206 valence electrons. The smallest absolute Gasteiger partial charge is 0.303 e. The van der Waals surface area contributed by atoms with Crippen molar-refractivity contribution < 1.29 is 34.0 Å². The highest BCUT2D eigenvalue weighted by Crippen LogP contribution is 2.40. The first kappa shape index (κ1) is 28.6. The molecule has 1 amide bonds. The monoisotopic (exact) mass is 551 g/mol. The number of benzene rings is 3. The fourth-order valence-electron chi connectivity index (χ4n) is 4.29. The number of ether oxygens (including phenoxy) is 3. The quantitative estimate of drug-likeness (QED) is 0.245. The van der Waals surface area contributed by atoms with Crippen LogP contribution in [0.1, 0.15) is 54.8 Å². The third-order valence-electron chi connectivity index (χ3n) is 6.37. The number of carboxylic acids is 1. The zero-order chi connectivity index (χ0) is 27.6. The van der Waals surface area contributed by atoms with Crippen LogP contribution in [0.4, 0.5) is 5.69 Å². The molecule has 39 heavy (non-hydrogen) atoms. The van der Waals surface area contributed by atoms with Gasteiger partial charge in [-0.25, -0.2) is 0 Å². The number of aliphatic carboxylic acids is 1. The number of carbonyl (C=O) groups is 2. The topological polar surface area (TPSA) is 114 Å². The second-order valence-corrected chi connectivity index (χ2v) is 10.3. The molecule has 0 unspecified atom stereocenters. The van der Waals surface area contributed by atoms with Gasteiger partial charge in [0.25, 0.3) is 0 Å². The summed E-state index contributed by atoms with van der Waals surface area (Å²) in [4.78, 5) is 23.8. The minimum absolute atomic E-state index is 0.0157. The third-order valence-corrected chi connectivity index (χ3v) is 7.56. The number of carbonyl (C=O) groups excluding carboxylic acids is 1. The van der Waals surface area contributed by atoms with Crippen LogP contribution in [0.15, 0.2) is 77.7 Å². The van der Waals surface area contributed by atoms with E-state index in [2.05, 4.69) is 5.32 Å². The Balaban J connectivity index is 1.46. The Morgan fingerprint density at radius 3 is 2.38 bits per heavy atom. The molecule has 3 aromatic carbocycles. The number of nitrogens with one attached hydrogen (secondary N) is 1. The van der Waals surface area contributed by atoms with Crippen LogP contribution in [0.5, 0.6) is 5.75 Å². The molecule has 3 N–H and O–H groups in total. The number of methoxy groups -OCH3 is 1. The van der Waals surface area contributed by atoms with Gasteiger partial charge in [-0.2, -0.15) is 0 Å². The average molecular weight is 552 g/mol. The van der Waals surface area contributed by atoms with Gasteiger partial charge in [0.05, 0.1) is 25.9 Å². The highest BCUT2D eigenvalue weighted by atomic mass is 32.2. The predicted molar refractivity (Wildman–Crippen MR) is 149 cm³/mol. The van der Waals surface area contributed by atoms with Gasteiger partial charge in [-0.05, 0) is 41.8 Å². The molecule has 0 aromatic heterocycles. The molecule has 4 rings (SSSR count). The zero-order valence-corrected chi connectivity index (χ0v) is 22.6. The van der Waals surface area contributed by atoms with Crippen LogP contribution in [0.2, 0.25) is 0 Å². The van der Waals surface area contributed by atoms with Gasteiger partial charge in [-0.3, -0.25) is 9.59 Å². The van der Waals surface area contributed by atoms with Crippen molar-refractivity contribution in [1.82, 2.24) is 0 Å². The molecule has 3 atom stereocenters. The SMILES string of the molecule is COc1ccccc1SC[C@@H]1C[C@H](c2ccc(CO)cc2)O[C@H](c2ccc(NC(=O)CCCC(=O)O)cc2)O1. The summed E-state index contributed by atoms with van der Waals surface area (Å²) in [6, 6.07) is 22.9. The summed E-state index contributed by atoms with van der Waals surface area (Å²) in [5, 5.41) is 21.0. The summed E-state index contributed by atoms with van der Waals surface area (Å²) in [7, 11) is 1.66. The van der Waals surface area contributed by atoms with E-state index < -0.39 is 12.3 Å². The van der Waals surface area contributed by atoms with E-state index in [-0.39, 0.29) is 44.0 Å². The Labute approximate surface area is 232 Å². The number of aliphatic hydroxyl groups is 1. The van der Waals surface area contributed by atoms with Crippen LogP contribution in [-0.2, 0) is 25.7 Å². The van der Waals surface area contributed by atoms with Gasteiger partial charge < -0.3 is 29.7 Å². The van der Waals surface area contributed by atoms with E-state index >= 15 is 0 Å². The lowest BCUT2D eigenvalue weighted by molar-refractivity contribution is -0.245. The standard InChI is InChI=1S/C30H33NO7S/c1-36-25-5-2-3-6-27(25)39-19-24-17-26(21-11-9-20(18-32)10-12-21)38-30(37-24)22-13-15-23(16-14-22)31-28(33)7-4-8-29(34)35/h2-3,5-6,9-16,24,26,30,32H,4,7-8,17-19H2,1H3,(H,31,33)(H,34,35)/t24-,26+,30+/m0/s1. The van der Waals surface area contributed by atoms with Crippen LogP contribution >= 0.6 is 11.8 Å². The first-order valence-electron chi connectivity index (χ1n) is 12.8. The second kappa shape index (κ2) is 14.1. The number of amides is 1. The Morgan fingerprint density at radius 1 is 0.974 bits per heavy atom. The number of thioether (sulfide) groups is 1. The van der Waals surface area contributed by atoms with Gasteiger partial charge in [0, 0.05) is 41.2 Å². The molecule has 8 nitrogen and oxygen atoms in total. The van der Waals surface area contributed by atoms with E-state index in [9.17, 15) is 14.7 Å². The van der Waals surface area contributed by atoms with Gasteiger partial charge in [0.15, 0.2) is 6.29 Å². The molecule has 1 heterocycles. The number of hydrogen-bond acceptors (Lipinski definition) is 7. The van der Waals surface area contributed by atoms with Crippen molar-refractivity contribution in [2.45, 2.75) is 55.7 Å². The number of para-hydroxylation sites is 1. The normalized spacial score (nSPS) is 18.9. The Bertz CT molecular complexity index is 1230. The first-order valence-corrected chi connectivity index (χ1v) is 13.8. The van der Waals surface area contributed by atoms with Crippen LogP contribution < -0.4 is 10.1 Å². The Morgan fingerprint density at radius 2 is 1.69 bits per heavy atom. The largest absolute Gasteiger partial charge is 0.496 e. The van der Waals surface area contributed by atoms with E-state index in [4.69, 9.17) is 19.3 Å². The highest BCUT2D eigenvalue weighted by molar-refractivity contribution is 7.99. The van der Waals surface area contributed by atoms with Gasteiger partial charge in [0.2, 0.25) is 5.91 Å². The number of anilines is 1. The van der Waals surface area contributed by atoms with Gasteiger partial charge >= 0.3 is 5.97 Å². The molecular weight excluding hydrogens is 518 g/mol. The van der Waals surface area contributed by atoms with Gasteiger partial charge in [-0.15, -0.1) is 11.8 Å². The lowest BCUT2D eigenvalue weighted by Gasteiger charge is -2.36. The van der Waals surface area contributed by atoms with Gasteiger partial charge in [0.1, 0.15) is 5.75 Å². The summed E-state index contributed by atoms with van der Waals surface area (Å²) in [5.74, 6) is 0.384. The molecule has 0 spiro atoms. The Hall–Kier alpha value is -3.37. The summed E-state index contributed by atoms with van der Waals surface area (Å²) in [6.45, 7) is -0.0157. The molecule has 1 fully saturated rings. The fraction of sp³-hybridized carbons (Fsp3) is 0.333. The van der Waals surface area contributed by atoms with E-state index in [1.54, 1.807) is 31.0 Å². The van der Waals surface area contributed by atoms with Crippen molar-refractivity contribution in [2.75, 3.05) is 18.2 Å². The molecule has 0 radical (unpaired) electrons. The van der Waals surface area contributed by atoms with E-state index in [0.717, 1.165) is 27.3 Å². The van der Waals surface area contributed by atoms with Crippen molar-refractivity contribution in [3.63, 3.8) is 0 Å². The Kier molecular flexibility index (Phi) is 10.4. The zero-order valence-electron chi connectivity index (χ0n) is 21.7. The maximum atomic E-state index is 12.1. The molecule has 9 heteroatoms. The summed E-state index contributed by atoms with van der Waals surface area (Å²) >= 11 is 1.67. The van der Waals surface area contributed by atoms with E-state index in [0.29, 0.717) is 17.9 Å². The number of hydrogen-bond donors (Lipinski definition) is 3. The molecule has 1 aliphatic rings. The second-order valence-electron chi connectivity index (χ2n) is 9.23. The van der Waals surface area contributed by atoms with Gasteiger partial charge in [-0.1, -0.05) is 48.5 Å². The molecular formula is C30H33NO7S. The summed E-state index contributed by atoms with van der Waals surface area (Å²) in [6.07, 6.45) is 0.154. The lowest BCUT2D eigenvalue weighted by Crippen LogP contribution is -2.31. The number of rotatable bonds is 12. The van der Waals surface area contributed by atoms with E-state index in [1.807, 2.05) is 60.7 Å². The average Bonchev–Trinajstić information content (AvgIpc) is 2.96. The molecule has 0 aliphatic carbocycles. The third kappa shape index (κ3) is 8.31. The van der Waals surface area contributed by atoms with Crippen LogP contribution in [0.3, 0.4) is 0 Å². The fourth-order valence-corrected chi connectivity index (χ4v) is 5.34. The molecule has 1 aliphatic heterocycles. The lowest BCUT2D eigenvalue weighted by atomic mass is 10.0. The molecule has 0 bridgehead atoms. The van der Waals surface area contributed by atoms with E-state index in [1.165, 1.54) is 0 Å². The summed E-state index contributed by atoms with van der Waals surface area (Å²) < 4.78 is 18.3. The highest BCUT2D eigenvalue weighted by Gasteiger charge is 2.32. The maximum Gasteiger partial charge on any atom is 0.303 e. The van der Waals surface area contributed by atoms with Crippen LogP contribution in [0.25, 0.3) is 0 Å².